The fourth-order valence-corrected chi connectivity index (χ4v) is 2.39. The number of nitrogens with one attached hydrogen (secondary N) is 1. The molecule has 140 valence electrons. The van der Waals surface area contributed by atoms with Gasteiger partial charge in [-0.1, -0.05) is 12.1 Å². The first-order valence-electron chi connectivity index (χ1n) is 8.14. The Morgan fingerprint density at radius 2 is 1.96 bits per heavy atom. The van der Waals surface area contributed by atoms with Crippen LogP contribution in [0.2, 0.25) is 0 Å². The van der Waals surface area contributed by atoms with Crippen LogP contribution < -0.4 is 24.4 Å². The smallest absolute Gasteiger partial charge is 0.308 e. The standard InChI is InChI=1S/C19H18N2O6/c1-12(22)26-16-8-7-13(9-17(16)24-2)10-20-21-19(23)18-11-25-14-5-3-4-6-15(14)27-18/h3-10,18H,11H2,1-2H3,(H,21,23)/b20-10-/t18-/m1/s1. The number of methoxy groups -OCH3 is 1. The van der Waals surface area contributed by atoms with Gasteiger partial charge in [-0.2, -0.15) is 5.10 Å². The second kappa shape index (κ2) is 8.22. The summed E-state index contributed by atoms with van der Waals surface area (Å²) in [5.74, 6) is 0.921. The van der Waals surface area contributed by atoms with E-state index in [4.69, 9.17) is 18.9 Å². The molecule has 0 aliphatic carbocycles. The van der Waals surface area contributed by atoms with E-state index in [9.17, 15) is 9.59 Å². The second-order valence-electron chi connectivity index (χ2n) is 5.60. The quantitative estimate of drug-likeness (QED) is 0.374. The first-order valence-corrected chi connectivity index (χ1v) is 8.14. The average Bonchev–Trinajstić information content (AvgIpc) is 2.68. The monoisotopic (exact) mass is 370 g/mol. The fourth-order valence-electron chi connectivity index (χ4n) is 2.39. The highest BCUT2D eigenvalue weighted by atomic mass is 16.6. The van der Waals surface area contributed by atoms with E-state index in [0.29, 0.717) is 28.6 Å². The number of hydrogen-bond acceptors (Lipinski definition) is 7. The lowest BCUT2D eigenvalue weighted by Gasteiger charge is -2.24. The Bertz CT molecular complexity index is 880. The zero-order valence-corrected chi connectivity index (χ0v) is 14.8. The molecule has 1 N–H and O–H groups in total. The predicted molar refractivity (Wildman–Crippen MR) is 96.4 cm³/mol. The van der Waals surface area contributed by atoms with Gasteiger partial charge in [0.25, 0.3) is 5.91 Å². The molecule has 1 aliphatic heterocycles. The molecule has 0 spiro atoms. The molecule has 0 radical (unpaired) electrons. The molecule has 8 nitrogen and oxygen atoms in total. The van der Waals surface area contributed by atoms with Crippen LogP contribution in [0, 0.1) is 0 Å². The summed E-state index contributed by atoms with van der Waals surface area (Å²) in [6.07, 6.45) is 0.646. The Hall–Kier alpha value is -3.55. The Morgan fingerprint density at radius 1 is 1.19 bits per heavy atom. The maximum Gasteiger partial charge on any atom is 0.308 e. The molecular weight excluding hydrogens is 352 g/mol. The van der Waals surface area contributed by atoms with Gasteiger partial charge in [0.2, 0.25) is 6.10 Å². The molecule has 8 heteroatoms. The topological polar surface area (TPSA) is 95.5 Å². The van der Waals surface area contributed by atoms with E-state index in [-0.39, 0.29) is 6.61 Å². The summed E-state index contributed by atoms with van der Waals surface area (Å²) in [6, 6.07) is 12.0. The van der Waals surface area contributed by atoms with E-state index >= 15 is 0 Å². The molecule has 2 aromatic rings. The summed E-state index contributed by atoms with van der Waals surface area (Å²) >= 11 is 0. The third kappa shape index (κ3) is 4.55. The molecule has 1 amide bonds. The number of hydrogen-bond donors (Lipinski definition) is 1. The van der Waals surface area contributed by atoms with Gasteiger partial charge in [0.05, 0.1) is 13.3 Å². The maximum absolute atomic E-state index is 12.2. The number of hydrazone groups is 1. The molecule has 0 aromatic heterocycles. The summed E-state index contributed by atoms with van der Waals surface area (Å²) in [7, 11) is 1.46. The molecule has 0 unspecified atom stereocenters. The normalized spacial score (nSPS) is 15.3. The van der Waals surface area contributed by atoms with E-state index in [2.05, 4.69) is 10.5 Å². The lowest BCUT2D eigenvalue weighted by molar-refractivity contribution is -0.132. The zero-order chi connectivity index (χ0) is 19.2. The molecule has 2 aromatic carbocycles. The molecule has 1 heterocycles. The number of rotatable bonds is 5. The number of carbonyl (C=O) groups is 2. The maximum atomic E-state index is 12.2. The van der Waals surface area contributed by atoms with Gasteiger partial charge in [-0.15, -0.1) is 0 Å². The number of esters is 1. The molecule has 0 saturated heterocycles. The van der Waals surface area contributed by atoms with Gasteiger partial charge in [-0.25, -0.2) is 5.43 Å². The molecule has 0 fully saturated rings. The molecule has 3 rings (SSSR count). The molecule has 1 atom stereocenters. The van der Waals surface area contributed by atoms with Crippen LogP contribution in [0.1, 0.15) is 12.5 Å². The van der Waals surface area contributed by atoms with Crippen LogP contribution >= 0.6 is 0 Å². The van der Waals surface area contributed by atoms with Crippen LogP contribution in [0.25, 0.3) is 0 Å². The van der Waals surface area contributed by atoms with Gasteiger partial charge in [0, 0.05) is 6.92 Å². The van der Waals surface area contributed by atoms with Crippen LogP contribution in [0.5, 0.6) is 23.0 Å². The van der Waals surface area contributed by atoms with E-state index < -0.39 is 18.0 Å². The van der Waals surface area contributed by atoms with Crippen molar-refractivity contribution in [2.75, 3.05) is 13.7 Å². The minimum absolute atomic E-state index is 0.100. The van der Waals surface area contributed by atoms with Gasteiger partial charge in [-0.3, -0.25) is 9.59 Å². The summed E-state index contributed by atoms with van der Waals surface area (Å²) in [5.41, 5.74) is 3.06. The van der Waals surface area contributed by atoms with Gasteiger partial charge >= 0.3 is 5.97 Å². The van der Waals surface area contributed by atoms with E-state index in [0.717, 1.165) is 0 Å². The van der Waals surface area contributed by atoms with Crippen LogP contribution in [0.3, 0.4) is 0 Å². The molecule has 0 bridgehead atoms. The van der Waals surface area contributed by atoms with Crippen LogP contribution in [-0.4, -0.2) is 37.9 Å². The van der Waals surface area contributed by atoms with E-state index in [1.807, 2.05) is 6.07 Å². The first-order chi connectivity index (χ1) is 13.1. The van der Waals surface area contributed by atoms with Gasteiger partial charge in [-0.05, 0) is 35.9 Å². The molecule has 0 saturated carbocycles. The van der Waals surface area contributed by atoms with E-state index in [1.165, 1.54) is 20.2 Å². The van der Waals surface area contributed by atoms with Crippen molar-refractivity contribution >= 4 is 18.1 Å². The first kappa shape index (κ1) is 18.2. The molecular formula is C19H18N2O6. The van der Waals surface area contributed by atoms with Crippen molar-refractivity contribution in [3.8, 4) is 23.0 Å². The number of ether oxygens (including phenoxy) is 4. The van der Waals surface area contributed by atoms with E-state index in [1.54, 1.807) is 36.4 Å². The molecule has 1 aliphatic rings. The van der Waals surface area contributed by atoms with Crippen LogP contribution in [0.15, 0.2) is 47.6 Å². The van der Waals surface area contributed by atoms with Crippen molar-refractivity contribution in [3.05, 3.63) is 48.0 Å². The summed E-state index contributed by atoms with van der Waals surface area (Å²) in [5, 5.41) is 3.92. The third-order valence-corrected chi connectivity index (χ3v) is 3.63. The average molecular weight is 370 g/mol. The predicted octanol–water partition coefficient (Wildman–Crippen LogP) is 1.91. The van der Waals surface area contributed by atoms with Gasteiger partial charge in [0.1, 0.15) is 6.61 Å². The number of benzene rings is 2. The zero-order valence-electron chi connectivity index (χ0n) is 14.8. The SMILES string of the molecule is COc1cc(/C=N\NC(=O)[C@H]2COc3ccccc3O2)ccc1OC(C)=O. The Morgan fingerprint density at radius 3 is 2.70 bits per heavy atom. The summed E-state index contributed by atoms with van der Waals surface area (Å²) in [4.78, 5) is 23.3. The lowest BCUT2D eigenvalue weighted by atomic mass is 10.2. The Labute approximate surface area is 155 Å². The van der Waals surface area contributed by atoms with Gasteiger partial charge in [0.15, 0.2) is 23.0 Å². The highest BCUT2D eigenvalue weighted by Crippen LogP contribution is 2.31. The highest BCUT2D eigenvalue weighted by molar-refractivity contribution is 5.85. The van der Waals surface area contributed by atoms with Crippen molar-refractivity contribution in [1.29, 1.82) is 0 Å². The second-order valence-corrected chi connectivity index (χ2v) is 5.60. The third-order valence-electron chi connectivity index (χ3n) is 3.63. The number of carbonyl (C=O) groups excluding carboxylic acids is 2. The Balaban J connectivity index is 1.60. The minimum atomic E-state index is -0.794. The van der Waals surface area contributed by atoms with Crippen molar-refractivity contribution in [2.24, 2.45) is 5.10 Å². The lowest BCUT2D eigenvalue weighted by Crippen LogP contribution is -2.42. The number of amides is 1. The largest absolute Gasteiger partial charge is 0.493 e. The molecule has 27 heavy (non-hydrogen) atoms. The van der Waals surface area contributed by atoms with Crippen LogP contribution in [-0.2, 0) is 9.59 Å². The number of nitrogens with zero attached hydrogens (tertiary/aromatic N) is 1. The minimum Gasteiger partial charge on any atom is -0.493 e. The van der Waals surface area contributed by atoms with Crippen molar-refractivity contribution in [3.63, 3.8) is 0 Å². The van der Waals surface area contributed by atoms with Crippen molar-refractivity contribution in [1.82, 2.24) is 5.43 Å². The fraction of sp³-hybridized carbons (Fsp3) is 0.211. The van der Waals surface area contributed by atoms with Crippen molar-refractivity contribution in [2.45, 2.75) is 13.0 Å². The highest BCUT2D eigenvalue weighted by Gasteiger charge is 2.26. The Kier molecular flexibility index (Phi) is 5.55. The van der Waals surface area contributed by atoms with Crippen molar-refractivity contribution < 1.29 is 28.5 Å². The van der Waals surface area contributed by atoms with Crippen LogP contribution in [0.4, 0.5) is 0 Å². The summed E-state index contributed by atoms with van der Waals surface area (Å²) < 4.78 is 21.3. The number of fused-ring (bicyclic) bond motifs is 1. The summed E-state index contributed by atoms with van der Waals surface area (Å²) in [6.45, 7) is 1.41. The number of para-hydroxylation sites is 2. The van der Waals surface area contributed by atoms with Gasteiger partial charge < -0.3 is 18.9 Å².